The summed E-state index contributed by atoms with van der Waals surface area (Å²) in [6.07, 6.45) is 4.30. The number of aliphatic imine (C=N–C) groups is 1. The maximum absolute atomic E-state index is 5.78. The van der Waals surface area contributed by atoms with E-state index in [1.54, 1.807) is 7.05 Å². The van der Waals surface area contributed by atoms with Gasteiger partial charge < -0.3 is 20.1 Å². The number of nitrogens with zero attached hydrogens (tertiary/aromatic N) is 1. The van der Waals surface area contributed by atoms with Gasteiger partial charge in [-0.2, -0.15) is 0 Å². The van der Waals surface area contributed by atoms with E-state index in [9.17, 15) is 0 Å². The van der Waals surface area contributed by atoms with Crippen molar-refractivity contribution in [3.8, 4) is 5.75 Å². The van der Waals surface area contributed by atoms with Crippen LogP contribution in [0.25, 0.3) is 0 Å². The monoisotopic (exact) mass is 333 g/mol. The van der Waals surface area contributed by atoms with Gasteiger partial charge >= 0.3 is 0 Å². The standard InChI is InChI=1S/C19H31N3O2/c1-16-7-9-17(10-8-16)23-13-5-4-12-21-18(20-3)22-15-19(2)11-6-14-24-19/h7-10H,4-6,11-15H2,1-3H3,(H2,20,21,22). The van der Waals surface area contributed by atoms with Gasteiger partial charge in [0.05, 0.1) is 12.2 Å². The smallest absolute Gasteiger partial charge is 0.191 e. The van der Waals surface area contributed by atoms with Crippen molar-refractivity contribution < 1.29 is 9.47 Å². The van der Waals surface area contributed by atoms with Crippen molar-refractivity contribution in [2.45, 2.75) is 45.1 Å². The third-order valence-electron chi connectivity index (χ3n) is 4.31. The summed E-state index contributed by atoms with van der Waals surface area (Å²) in [5.74, 6) is 1.78. The molecule has 1 atom stereocenters. The Morgan fingerprint density at radius 1 is 1.25 bits per heavy atom. The van der Waals surface area contributed by atoms with Crippen molar-refractivity contribution in [3.63, 3.8) is 0 Å². The van der Waals surface area contributed by atoms with E-state index in [0.29, 0.717) is 0 Å². The number of rotatable bonds is 8. The fourth-order valence-electron chi connectivity index (χ4n) is 2.73. The van der Waals surface area contributed by atoms with E-state index >= 15 is 0 Å². The molecule has 134 valence electrons. The molecule has 0 radical (unpaired) electrons. The first-order chi connectivity index (χ1) is 11.6. The molecule has 1 aliphatic heterocycles. The van der Waals surface area contributed by atoms with E-state index < -0.39 is 0 Å². The molecule has 0 bridgehead atoms. The highest BCUT2D eigenvalue weighted by atomic mass is 16.5. The Morgan fingerprint density at radius 2 is 2.04 bits per heavy atom. The van der Waals surface area contributed by atoms with E-state index in [1.807, 2.05) is 12.1 Å². The summed E-state index contributed by atoms with van der Waals surface area (Å²) in [5.41, 5.74) is 1.20. The first kappa shape index (κ1) is 18.6. The molecule has 5 nitrogen and oxygen atoms in total. The van der Waals surface area contributed by atoms with Crippen LogP contribution in [0.1, 0.15) is 38.2 Å². The second-order valence-electron chi connectivity index (χ2n) is 6.62. The number of hydrogen-bond acceptors (Lipinski definition) is 3. The normalized spacial score (nSPS) is 20.9. The molecule has 0 saturated carbocycles. The summed E-state index contributed by atoms with van der Waals surface area (Å²) in [7, 11) is 1.80. The van der Waals surface area contributed by atoms with Crippen LogP contribution in [-0.2, 0) is 4.74 Å². The molecule has 1 aliphatic rings. The Labute approximate surface area is 145 Å². The van der Waals surface area contributed by atoms with Gasteiger partial charge in [-0.05, 0) is 51.7 Å². The number of hydrogen-bond donors (Lipinski definition) is 2. The number of guanidine groups is 1. The predicted octanol–water partition coefficient (Wildman–Crippen LogP) is 2.89. The highest BCUT2D eigenvalue weighted by Crippen LogP contribution is 2.23. The third kappa shape index (κ3) is 6.40. The maximum atomic E-state index is 5.78. The maximum Gasteiger partial charge on any atom is 0.191 e. The van der Waals surface area contributed by atoms with Crippen molar-refractivity contribution in [2.75, 3.05) is 33.4 Å². The second-order valence-corrected chi connectivity index (χ2v) is 6.62. The van der Waals surface area contributed by atoms with Crippen LogP contribution in [0.4, 0.5) is 0 Å². The van der Waals surface area contributed by atoms with Gasteiger partial charge in [0.1, 0.15) is 5.75 Å². The van der Waals surface area contributed by atoms with Gasteiger partial charge in [-0.3, -0.25) is 4.99 Å². The largest absolute Gasteiger partial charge is 0.494 e. The summed E-state index contributed by atoms with van der Waals surface area (Å²) in [4.78, 5) is 4.26. The van der Waals surface area contributed by atoms with Gasteiger partial charge in [-0.15, -0.1) is 0 Å². The van der Waals surface area contributed by atoms with Crippen LogP contribution in [0.5, 0.6) is 5.75 Å². The molecule has 0 amide bonds. The zero-order valence-electron chi connectivity index (χ0n) is 15.2. The average molecular weight is 333 g/mol. The molecule has 5 heteroatoms. The van der Waals surface area contributed by atoms with E-state index in [4.69, 9.17) is 9.47 Å². The summed E-state index contributed by atoms with van der Waals surface area (Å²) in [6, 6.07) is 8.18. The fourth-order valence-corrected chi connectivity index (χ4v) is 2.73. The lowest BCUT2D eigenvalue weighted by atomic mass is 10.0. The van der Waals surface area contributed by atoms with Gasteiger partial charge in [-0.25, -0.2) is 0 Å². The number of benzene rings is 1. The van der Waals surface area contributed by atoms with Crippen molar-refractivity contribution >= 4 is 5.96 Å². The van der Waals surface area contributed by atoms with Gasteiger partial charge in [0, 0.05) is 26.7 Å². The molecule has 1 saturated heterocycles. The van der Waals surface area contributed by atoms with Crippen molar-refractivity contribution in [1.82, 2.24) is 10.6 Å². The quantitative estimate of drug-likeness (QED) is 0.436. The molecule has 1 aromatic carbocycles. The zero-order valence-corrected chi connectivity index (χ0v) is 15.2. The van der Waals surface area contributed by atoms with Crippen molar-refractivity contribution in [3.05, 3.63) is 29.8 Å². The van der Waals surface area contributed by atoms with Crippen molar-refractivity contribution in [1.29, 1.82) is 0 Å². The Bertz CT molecular complexity index is 508. The van der Waals surface area contributed by atoms with E-state index in [1.165, 1.54) is 5.56 Å². The second kappa shape index (κ2) is 9.52. The minimum absolute atomic E-state index is 0.0561. The van der Waals surface area contributed by atoms with E-state index in [-0.39, 0.29) is 5.60 Å². The lowest BCUT2D eigenvalue weighted by Crippen LogP contribution is -2.45. The first-order valence-corrected chi connectivity index (χ1v) is 8.89. The summed E-state index contributed by atoms with van der Waals surface area (Å²) in [6.45, 7) is 7.52. The molecule has 0 aromatic heterocycles. The van der Waals surface area contributed by atoms with Crippen LogP contribution in [0.3, 0.4) is 0 Å². The Kier molecular flexibility index (Phi) is 7.37. The number of nitrogens with one attached hydrogen (secondary N) is 2. The highest BCUT2D eigenvalue weighted by molar-refractivity contribution is 5.79. The fraction of sp³-hybridized carbons (Fsp3) is 0.632. The van der Waals surface area contributed by atoms with E-state index in [0.717, 1.165) is 63.7 Å². The summed E-state index contributed by atoms with van der Waals surface area (Å²) >= 11 is 0. The third-order valence-corrected chi connectivity index (χ3v) is 4.31. The molecular weight excluding hydrogens is 302 g/mol. The topological polar surface area (TPSA) is 54.9 Å². The zero-order chi connectivity index (χ0) is 17.3. The van der Waals surface area contributed by atoms with Gasteiger partial charge in [0.15, 0.2) is 5.96 Å². The Balaban J connectivity index is 1.54. The molecule has 0 spiro atoms. The van der Waals surface area contributed by atoms with Crippen LogP contribution >= 0.6 is 0 Å². The van der Waals surface area contributed by atoms with Crippen molar-refractivity contribution in [2.24, 2.45) is 4.99 Å². The summed E-state index contributed by atoms with van der Waals surface area (Å²) < 4.78 is 11.5. The van der Waals surface area contributed by atoms with Gasteiger partial charge in [0.25, 0.3) is 0 Å². The summed E-state index contributed by atoms with van der Waals surface area (Å²) in [5, 5.41) is 6.70. The molecule has 1 fully saturated rings. The van der Waals surface area contributed by atoms with Crippen LogP contribution in [0.15, 0.2) is 29.3 Å². The molecule has 1 aromatic rings. The van der Waals surface area contributed by atoms with Gasteiger partial charge in [-0.1, -0.05) is 17.7 Å². The minimum atomic E-state index is -0.0561. The predicted molar refractivity (Wildman–Crippen MR) is 98.9 cm³/mol. The number of ether oxygens (including phenoxy) is 2. The Morgan fingerprint density at radius 3 is 2.71 bits per heavy atom. The molecular formula is C19H31N3O2. The molecule has 0 aliphatic carbocycles. The number of aryl methyl sites for hydroxylation is 1. The number of unbranched alkanes of at least 4 members (excludes halogenated alkanes) is 1. The van der Waals surface area contributed by atoms with Gasteiger partial charge in [0.2, 0.25) is 0 Å². The lowest BCUT2D eigenvalue weighted by molar-refractivity contribution is 0.0243. The van der Waals surface area contributed by atoms with Crippen LogP contribution in [0, 0.1) is 6.92 Å². The minimum Gasteiger partial charge on any atom is -0.494 e. The lowest BCUT2D eigenvalue weighted by Gasteiger charge is -2.24. The molecule has 24 heavy (non-hydrogen) atoms. The molecule has 1 heterocycles. The SMILES string of the molecule is CN=C(NCCCCOc1ccc(C)cc1)NCC1(C)CCCO1. The highest BCUT2D eigenvalue weighted by Gasteiger charge is 2.29. The van der Waals surface area contributed by atoms with Crippen LogP contribution in [0.2, 0.25) is 0 Å². The van der Waals surface area contributed by atoms with Crippen LogP contribution in [-0.4, -0.2) is 44.9 Å². The van der Waals surface area contributed by atoms with E-state index in [2.05, 4.69) is 41.6 Å². The Hall–Kier alpha value is -1.75. The first-order valence-electron chi connectivity index (χ1n) is 8.89. The van der Waals surface area contributed by atoms with Crippen LogP contribution < -0.4 is 15.4 Å². The average Bonchev–Trinajstić information content (AvgIpc) is 3.02. The molecule has 1 unspecified atom stereocenters. The molecule has 2 N–H and O–H groups in total. The molecule has 2 rings (SSSR count).